The Morgan fingerprint density at radius 2 is 1.62 bits per heavy atom. The van der Waals surface area contributed by atoms with E-state index in [-0.39, 0.29) is 0 Å². The van der Waals surface area contributed by atoms with Crippen LogP contribution in [-0.2, 0) is 0 Å². The molecule has 0 spiro atoms. The Morgan fingerprint density at radius 1 is 0.917 bits per heavy atom. The molecule has 0 unspecified atom stereocenters. The minimum absolute atomic E-state index is 0.688. The summed E-state index contributed by atoms with van der Waals surface area (Å²) in [5.41, 5.74) is 8.22. The van der Waals surface area contributed by atoms with Gasteiger partial charge in [-0.15, -0.1) is 0 Å². The zero-order valence-corrected chi connectivity index (χ0v) is 14.1. The Hall–Kier alpha value is -3.01. The van der Waals surface area contributed by atoms with E-state index in [1.807, 2.05) is 50.2 Å². The topological polar surface area (TPSA) is 50.2 Å². The minimum Gasteiger partial charge on any atom is -0.261 e. The van der Waals surface area contributed by atoms with Crippen molar-refractivity contribution in [2.24, 2.45) is 5.10 Å². The summed E-state index contributed by atoms with van der Waals surface area (Å²) in [7, 11) is 0. The SMILES string of the molecule is C/C(=N/Nc1cc(-c2ccccc2)nc(C)n1)c1ccc(C)cc1. The Morgan fingerprint density at radius 3 is 2.33 bits per heavy atom. The van der Waals surface area contributed by atoms with Crippen LogP contribution in [0.4, 0.5) is 5.82 Å². The molecule has 0 saturated heterocycles. The molecule has 0 bridgehead atoms. The van der Waals surface area contributed by atoms with Crippen LogP contribution in [0.2, 0.25) is 0 Å². The maximum atomic E-state index is 4.50. The lowest BCUT2D eigenvalue weighted by atomic mass is 10.1. The number of aryl methyl sites for hydroxylation is 2. The van der Waals surface area contributed by atoms with Gasteiger partial charge >= 0.3 is 0 Å². The first-order chi connectivity index (χ1) is 11.6. The van der Waals surface area contributed by atoms with E-state index in [1.165, 1.54) is 5.56 Å². The van der Waals surface area contributed by atoms with Gasteiger partial charge in [-0.3, -0.25) is 5.43 Å². The highest BCUT2D eigenvalue weighted by Crippen LogP contribution is 2.19. The number of nitrogens with zero attached hydrogens (tertiary/aromatic N) is 3. The molecule has 4 nitrogen and oxygen atoms in total. The quantitative estimate of drug-likeness (QED) is 0.565. The van der Waals surface area contributed by atoms with E-state index in [2.05, 4.69) is 51.7 Å². The molecular formula is C20H20N4. The van der Waals surface area contributed by atoms with Gasteiger partial charge in [-0.1, -0.05) is 60.2 Å². The highest BCUT2D eigenvalue weighted by atomic mass is 15.3. The van der Waals surface area contributed by atoms with Crippen LogP contribution in [-0.4, -0.2) is 15.7 Å². The number of hydrazone groups is 1. The number of benzene rings is 2. The first-order valence-corrected chi connectivity index (χ1v) is 7.90. The number of rotatable bonds is 4. The van der Waals surface area contributed by atoms with Gasteiger partial charge in [-0.25, -0.2) is 9.97 Å². The zero-order chi connectivity index (χ0) is 16.9. The van der Waals surface area contributed by atoms with Crippen LogP contribution in [0.15, 0.2) is 65.8 Å². The monoisotopic (exact) mass is 316 g/mol. The van der Waals surface area contributed by atoms with Gasteiger partial charge in [0.1, 0.15) is 11.6 Å². The van der Waals surface area contributed by atoms with Gasteiger partial charge in [0, 0.05) is 11.6 Å². The summed E-state index contributed by atoms with van der Waals surface area (Å²) < 4.78 is 0. The normalized spacial score (nSPS) is 11.4. The Balaban J connectivity index is 1.84. The molecule has 0 atom stereocenters. The summed E-state index contributed by atoms with van der Waals surface area (Å²) in [5, 5.41) is 4.45. The van der Waals surface area contributed by atoms with E-state index in [1.54, 1.807) is 0 Å². The minimum atomic E-state index is 0.688. The van der Waals surface area contributed by atoms with Crippen LogP contribution in [0.25, 0.3) is 11.3 Å². The lowest BCUT2D eigenvalue weighted by Gasteiger charge is -2.07. The number of hydrogen-bond donors (Lipinski definition) is 1. The molecule has 0 saturated carbocycles. The first-order valence-electron chi connectivity index (χ1n) is 7.90. The number of aromatic nitrogens is 2. The molecule has 1 aromatic heterocycles. The molecular weight excluding hydrogens is 296 g/mol. The highest BCUT2D eigenvalue weighted by molar-refractivity contribution is 5.99. The van der Waals surface area contributed by atoms with Crippen LogP contribution >= 0.6 is 0 Å². The predicted molar refractivity (Wildman–Crippen MR) is 99.2 cm³/mol. The summed E-state index contributed by atoms with van der Waals surface area (Å²) in [6.07, 6.45) is 0. The zero-order valence-electron chi connectivity index (χ0n) is 14.1. The van der Waals surface area contributed by atoms with Crippen LogP contribution < -0.4 is 5.43 Å². The van der Waals surface area contributed by atoms with Crippen molar-refractivity contribution in [3.63, 3.8) is 0 Å². The average Bonchev–Trinajstić information content (AvgIpc) is 2.60. The fraction of sp³-hybridized carbons (Fsp3) is 0.150. The van der Waals surface area contributed by atoms with Gasteiger partial charge in [0.25, 0.3) is 0 Å². The molecule has 3 aromatic rings. The van der Waals surface area contributed by atoms with E-state index < -0.39 is 0 Å². The van der Waals surface area contributed by atoms with Crippen LogP contribution in [0.5, 0.6) is 0 Å². The van der Waals surface area contributed by atoms with Crippen molar-refractivity contribution in [1.82, 2.24) is 9.97 Å². The van der Waals surface area contributed by atoms with Crippen LogP contribution in [0.3, 0.4) is 0 Å². The smallest absolute Gasteiger partial charge is 0.150 e. The molecule has 0 aliphatic heterocycles. The predicted octanol–water partition coefficient (Wildman–Crippen LogP) is 4.60. The third-order valence-corrected chi connectivity index (χ3v) is 3.71. The fourth-order valence-electron chi connectivity index (χ4n) is 2.38. The van der Waals surface area contributed by atoms with Gasteiger partial charge in [-0.05, 0) is 26.3 Å². The summed E-state index contributed by atoms with van der Waals surface area (Å²) in [5.74, 6) is 1.40. The molecule has 4 heteroatoms. The van der Waals surface area contributed by atoms with Crippen LogP contribution in [0, 0.1) is 13.8 Å². The number of nitrogens with one attached hydrogen (secondary N) is 1. The van der Waals surface area contributed by atoms with Crippen molar-refractivity contribution in [1.29, 1.82) is 0 Å². The molecule has 0 aliphatic carbocycles. The third kappa shape index (κ3) is 3.84. The molecule has 1 N–H and O–H groups in total. The van der Waals surface area contributed by atoms with Crippen molar-refractivity contribution < 1.29 is 0 Å². The Kier molecular flexibility index (Phi) is 4.66. The second-order valence-electron chi connectivity index (χ2n) is 5.73. The standard InChI is InChI=1S/C20H20N4/c1-14-9-11-17(12-10-14)15(2)23-24-20-13-19(21-16(3)22-20)18-7-5-4-6-8-18/h4-13H,1-3H3,(H,21,22,24)/b23-15-. The van der Waals surface area contributed by atoms with Crippen molar-refractivity contribution in [3.05, 3.63) is 77.6 Å². The summed E-state index contributed by atoms with van der Waals surface area (Å²) in [4.78, 5) is 8.91. The largest absolute Gasteiger partial charge is 0.261 e. The molecule has 0 amide bonds. The van der Waals surface area contributed by atoms with E-state index in [0.29, 0.717) is 11.6 Å². The van der Waals surface area contributed by atoms with Gasteiger partial charge in [0.15, 0.2) is 0 Å². The molecule has 0 aliphatic rings. The third-order valence-electron chi connectivity index (χ3n) is 3.71. The highest BCUT2D eigenvalue weighted by Gasteiger charge is 2.04. The van der Waals surface area contributed by atoms with Crippen molar-refractivity contribution >= 4 is 11.5 Å². The summed E-state index contributed by atoms with van der Waals surface area (Å²) in [6.45, 7) is 5.93. The van der Waals surface area contributed by atoms with Gasteiger partial charge in [0.2, 0.25) is 0 Å². The molecule has 24 heavy (non-hydrogen) atoms. The van der Waals surface area contributed by atoms with E-state index in [9.17, 15) is 0 Å². The lowest BCUT2D eigenvalue weighted by molar-refractivity contribution is 1.05. The number of anilines is 1. The molecule has 0 fully saturated rings. The lowest BCUT2D eigenvalue weighted by Crippen LogP contribution is -2.02. The van der Waals surface area contributed by atoms with Crippen LogP contribution in [0.1, 0.15) is 23.9 Å². The maximum absolute atomic E-state index is 4.50. The fourth-order valence-corrected chi connectivity index (χ4v) is 2.38. The molecule has 1 heterocycles. The van der Waals surface area contributed by atoms with Crippen molar-refractivity contribution in [3.8, 4) is 11.3 Å². The second-order valence-corrected chi connectivity index (χ2v) is 5.73. The number of hydrogen-bond acceptors (Lipinski definition) is 4. The van der Waals surface area contributed by atoms with E-state index >= 15 is 0 Å². The van der Waals surface area contributed by atoms with Gasteiger partial charge < -0.3 is 0 Å². The second kappa shape index (κ2) is 7.04. The Bertz CT molecular complexity index is 853. The van der Waals surface area contributed by atoms with Crippen molar-refractivity contribution in [2.45, 2.75) is 20.8 Å². The van der Waals surface area contributed by atoms with Crippen molar-refractivity contribution in [2.75, 3.05) is 5.43 Å². The molecule has 2 aromatic carbocycles. The molecule has 3 rings (SSSR count). The van der Waals surface area contributed by atoms with E-state index in [0.717, 1.165) is 22.5 Å². The van der Waals surface area contributed by atoms with Gasteiger partial charge in [0.05, 0.1) is 11.4 Å². The summed E-state index contributed by atoms with van der Waals surface area (Å²) >= 11 is 0. The van der Waals surface area contributed by atoms with E-state index in [4.69, 9.17) is 0 Å². The molecule has 120 valence electrons. The maximum Gasteiger partial charge on any atom is 0.150 e. The average molecular weight is 316 g/mol. The summed E-state index contributed by atoms with van der Waals surface area (Å²) in [6, 6.07) is 20.3. The Labute approximate surface area is 142 Å². The first kappa shape index (κ1) is 15.9. The van der Waals surface area contributed by atoms with Gasteiger partial charge in [-0.2, -0.15) is 5.10 Å². The molecule has 0 radical (unpaired) electrons.